The second-order valence-corrected chi connectivity index (χ2v) is 3.54. The van der Waals surface area contributed by atoms with E-state index >= 15 is 0 Å². The van der Waals surface area contributed by atoms with E-state index in [0.29, 0.717) is 13.2 Å². The molecule has 1 heterocycles. The van der Waals surface area contributed by atoms with Gasteiger partial charge in [-0.05, 0) is 5.65 Å². The van der Waals surface area contributed by atoms with Crippen LogP contribution < -0.4 is 51.4 Å². The van der Waals surface area contributed by atoms with Crippen molar-refractivity contribution in [2.75, 3.05) is 18.9 Å². The smallest absolute Gasteiger partial charge is 0.448 e. The average Bonchev–Trinajstić information content (AvgIpc) is 1.56. The minimum Gasteiger partial charge on any atom is -0.448 e. The van der Waals surface area contributed by atoms with Crippen molar-refractivity contribution < 1.29 is 69.1 Å². The quantitative estimate of drug-likeness (QED) is 0.525. The summed E-state index contributed by atoms with van der Waals surface area (Å²) in [4.78, 5) is 0. The topological polar surface area (TPSA) is 9.23 Å². The monoisotopic (exact) mass is 210 g/mol. The van der Waals surface area contributed by atoms with Gasteiger partial charge in [0.2, 0.25) is 0 Å². The van der Waals surface area contributed by atoms with Crippen LogP contribution >= 0.6 is 11.8 Å². The molecule has 1 aliphatic rings. The van der Waals surface area contributed by atoms with Crippen LogP contribution in [0.3, 0.4) is 0 Å². The van der Waals surface area contributed by atoms with E-state index in [1.54, 1.807) is 0 Å². The third-order valence-corrected chi connectivity index (χ3v) is 2.44. The first-order chi connectivity index (χ1) is 4.58. The Hall–Kier alpha value is 1.80. The number of thioether (sulfide) groups is 1. The maximum absolute atomic E-state index is 11.6. The molecule has 0 aromatic rings. The van der Waals surface area contributed by atoms with Gasteiger partial charge in [-0.25, -0.2) is 0 Å². The van der Waals surface area contributed by atoms with Crippen LogP contribution in [0.4, 0.5) is 12.9 Å². The fourth-order valence-electron chi connectivity index (χ4n) is 0.555. The zero-order valence-corrected chi connectivity index (χ0v) is 10.2. The van der Waals surface area contributed by atoms with Gasteiger partial charge in [-0.1, -0.05) is 0 Å². The number of rotatable bonds is 3. The van der Waals surface area contributed by atoms with E-state index in [1.165, 1.54) is 0 Å². The van der Waals surface area contributed by atoms with Crippen LogP contribution in [0.15, 0.2) is 0 Å². The Morgan fingerprint density at radius 1 is 1.36 bits per heavy atom. The van der Waals surface area contributed by atoms with Crippen molar-refractivity contribution in [3.63, 3.8) is 0 Å². The normalized spacial score (nSPS) is 18.8. The molecule has 1 rings (SSSR count). The molecule has 0 spiro atoms. The summed E-state index contributed by atoms with van der Waals surface area (Å²) < 4.78 is 39.5. The van der Waals surface area contributed by atoms with Crippen molar-refractivity contribution >= 4 is 18.7 Å². The summed E-state index contributed by atoms with van der Waals surface area (Å²) in [7, 11) is 0. The molecule has 0 bridgehead atoms. The van der Waals surface area contributed by atoms with Gasteiger partial charge in [0.15, 0.2) is 0 Å². The molecular formula is C4H7BF3KOS. The molecule has 0 aromatic carbocycles. The Balaban J connectivity index is 0.000001000. The minimum absolute atomic E-state index is 0. The van der Waals surface area contributed by atoms with Gasteiger partial charge >= 0.3 is 58.4 Å². The van der Waals surface area contributed by atoms with Gasteiger partial charge in [-0.3, -0.25) is 0 Å². The summed E-state index contributed by atoms with van der Waals surface area (Å²) in [5.74, 6) is 0. The first-order valence-electron chi connectivity index (χ1n) is 2.98. The Morgan fingerprint density at radius 3 is 2.18 bits per heavy atom. The molecule has 0 aliphatic carbocycles. The summed E-state index contributed by atoms with van der Waals surface area (Å²) in [6.07, 6.45) is 0. The van der Waals surface area contributed by atoms with Gasteiger partial charge in [-0.2, -0.15) is 11.8 Å². The molecule has 0 saturated carbocycles. The van der Waals surface area contributed by atoms with Crippen LogP contribution in [0.2, 0.25) is 0 Å². The molecule has 0 atom stereocenters. The summed E-state index contributed by atoms with van der Waals surface area (Å²) in [6, 6.07) is 0. The first-order valence-corrected chi connectivity index (χ1v) is 4.03. The van der Waals surface area contributed by atoms with Crippen LogP contribution in [0.5, 0.6) is 0 Å². The van der Waals surface area contributed by atoms with E-state index in [9.17, 15) is 12.9 Å². The second-order valence-electron chi connectivity index (χ2n) is 2.20. The van der Waals surface area contributed by atoms with Crippen molar-refractivity contribution in [3.05, 3.63) is 0 Å². The van der Waals surface area contributed by atoms with Crippen molar-refractivity contribution in [2.45, 2.75) is 5.25 Å². The molecule has 1 fully saturated rings. The number of hydrogen-bond donors (Lipinski definition) is 0. The molecule has 0 aromatic heterocycles. The Morgan fingerprint density at radius 2 is 1.91 bits per heavy atom. The van der Waals surface area contributed by atoms with Gasteiger partial charge < -0.3 is 17.7 Å². The minimum atomic E-state index is -4.60. The predicted octanol–water partition coefficient (Wildman–Crippen LogP) is -1.49. The average molecular weight is 210 g/mol. The Bertz CT molecular complexity index is 118. The van der Waals surface area contributed by atoms with Crippen molar-refractivity contribution in [1.29, 1.82) is 0 Å². The molecule has 1 aliphatic heterocycles. The van der Waals surface area contributed by atoms with Crippen LogP contribution in [0.25, 0.3) is 0 Å². The molecule has 7 heteroatoms. The van der Waals surface area contributed by atoms with Gasteiger partial charge in [0, 0.05) is 5.25 Å². The molecule has 1 saturated heterocycles. The van der Waals surface area contributed by atoms with Gasteiger partial charge in [0.25, 0.3) is 0 Å². The van der Waals surface area contributed by atoms with Crippen molar-refractivity contribution in [3.8, 4) is 0 Å². The summed E-state index contributed by atoms with van der Waals surface area (Å²) in [5, 5.41) is 0.0866. The van der Waals surface area contributed by atoms with Crippen LogP contribution in [-0.4, -0.2) is 31.1 Å². The third-order valence-electron chi connectivity index (χ3n) is 1.13. The number of hydrogen-bond acceptors (Lipinski definition) is 2. The summed E-state index contributed by atoms with van der Waals surface area (Å²) >= 11 is 0.948. The zero-order chi connectivity index (χ0) is 7.61. The van der Waals surface area contributed by atoms with Gasteiger partial charge in [0.1, 0.15) is 0 Å². The molecule has 0 N–H and O–H groups in total. The number of halogens is 3. The summed E-state index contributed by atoms with van der Waals surface area (Å²) in [6.45, 7) is -3.63. The number of ether oxygens (including phenoxy) is 1. The molecule has 0 unspecified atom stereocenters. The SMILES string of the molecule is F[B-](F)(F)CSC1COC1.[K+]. The Labute approximate surface area is 110 Å². The van der Waals surface area contributed by atoms with Crippen LogP contribution in [0, 0.1) is 0 Å². The first kappa shape index (κ1) is 12.8. The van der Waals surface area contributed by atoms with E-state index in [4.69, 9.17) is 4.74 Å². The van der Waals surface area contributed by atoms with E-state index in [0.717, 1.165) is 11.8 Å². The van der Waals surface area contributed by atoms with E-state index in [2.05, 4.69) is 0 Å². The fourth-order valence-corrected chi connectivity index (χ4v) is 1.43. The second kappa shape index (κ2) is 5.51. The van der Waals surface area contributed by atoms with Gasteiger partial charge in [0.05, 0.1) is 13.2 Å². The molecule has 11 heavy (non-hydrogen) atoms. The molecule has 1 nitrogen and oxygen atoms in total. The van der Waals surface area contributed by atoms with E-state index in [-0.39, 0.29) is 56.6 Å². The molecule has 0 radical (unpaired) electrons. The molecular weight excluding hydrogens is 203 g/mol. The Kier molecular flexibility index (Phi) is 6.42. The standard InChI is InChI=1S/C4H7BF3OS.K/c6-5(7,8)3-10-4-1-9-2-4;/h4H,1-3H2;/q-1;+1. The maximum Gasteiger partial charge on any atom is 1.00 e. The third kappa shape index (κ3) is 5.95. The van der Waals surface area contributed by atoms with E-state index < -0.39 is 12.6 Å². The van der Waals surface area contributed by atoms with Crippen LogP contribution in [0.1, 0.15) is 0 Å². The molecule has 60 valence electrons. The molecule has 0 amide bonds. The van der Waals surface area contributed by atoms with Gasteiger partial charge in [-0.15, -0.1) is 0 Å². The van der Waals surface area contributed by atoms with E-state index in [1.807, 2.05) is 0 Å². The zero-order valence-electron chi connectivity index (χ0n) is 6.23. The van der Waals surface area contributed by atoms with Crippen molar-refractivity contribution in [2.24, 2.45) is 0 Å². The largest absolute Gasteiger partial charge is 1.00 e. The summed E-state index contributed by atoms with van der Waals surface area (Å²) in [5.41, 5.74) is -0.686. The van der Waals surface area contributed by atoms with Crippen LogP contribution in [-0.2, 0) is 4.74 Å². The predicted molar refractivity (Wildman–Crippen MR) is 36.1 cm³/mol. The maximum atomic E-state index is 11.6. The van der Waals surface area contributed by atoms with Crippen molar-refractivity contribution in [1.82, 2.24) is 0 Å². The fraction of sp³-hybridized carbons (Fsp3) is 1.00.